The number of fused-ring (bicyclic) bond motifs is 1. The zero-order valence-electron chi connectivity index (χ0n) is 10.9. The van der Waals surface area contributed by atoms with E-state index in [1.54, 1.807) is 29.0 Å². The molecule has 1 heterocycles. The molecule has 106 valence electrons. The van der Waals surface area contributed by atoms with Crippen LogP contribution in [0.25, 0.3) is 10.9 Å². The van der Waals surface area contributed by atoms with Crippen molar-refractivity contribution >= 4 is 16.9 Å². The molecule has 21 heavy (non-hydrogen) atoms. The number of aromatic nitrogens is 1. The maximum atomic E-state index is 13.2. The minimum atomic E-state index is -1.00. The maximum absolute atomic E-state index is 13.2. The first-order valence-electron chi connectivity index (χ1n) is 6.31. The number of aromatic carboxylic acids is 1. The van der Waals surface area contributed by atoms with E-state index in [1.165, 1.54) is 18.2 Å². The van der Waals surface area contributed by atoms with E-state index in [9.17, 15) is 13.6 Å². The van der Waals surface area contributed by atoms with Gasteiger partial charge in [-0.25, -0.2) is 13.6 Å². The fourth-order valence-corrected chi connectivity index (χ4v) is 2.45. The molecule has 2 aromatic carbocycles. The molecule has 0 fully saturated rings. The monoisotopic (exact) mass is 287 g/mol. The summed E-state index contributed by atoms with van der Waals surface area (Å²) in [7, 11) is 0. The third kappa shape index (κ3) is 2.50. The lowest BCUT2D eigenvalue weighted by molar-refractivity contribution is 0.0699. The molecular formula is C16H11F2NO2. The van der Waals surface area contributed by atoms with E-state index in [-0.39, 0.29) is 12.1 Å². The Morgan fingerprint density at radius 2 is 1.81 bits per heavy atom. The third-order valence-electron chi connectivity index (χ3n) is 3.32. The Morgan fingerprint density at radius 1 is 1.10 bits per heavy atom. The van der Waals surface area contributed by atoms with Crippen molar-refractivity contribution in [1.82, 2.24) is 4.57 Å². The average molecular weight is 287 g/mol. The summed E-state index contributed by atoms with van der Waals surface area (Å²) in [5, 5.41) is 9.75. The van der Waals surface area contributed by atoms with E-state index in [0.717, 1.165) is 6.07 Å². The highest BCUT2D eigenvalue weighted by Gasteiger charge is 2.11. The minimum Gasteiger partial charge on any atom is -0.478 e. The van der Waals surface area contributed by atoms with Crippen LogP contribution in [-0.4, -0.2) is 15.6 Å². The fourth-order valence-electron chi connectivity index (χ4n) is 2.45. The Labute approximate surface area is 119 Å². The maximum Gasteiger partial charge on any atom is 0.336 e. The van der Waals surface area contributed by atoms with E-state index < -0.39 is 17.6 Å². The van der Waals surface area contributed by atoms with Crippen LogP contribution in [-0.2, 0) is 6.54 Å². The lowest BCUT2D eigenvalue weighted by Gasteiger charge is -2.07. The van der Waals surface area contributed by atoms with Gasteiger partial charge < -0.3 is 9.67 Å². The first-order chi connectivity index (χ1) is 10.0. The average Bonchev–Trinajstić information content (AvgIpc) is 2.80. The predicted octanol–water partition coefficient (Wildman–Crippen LogP) is 3.67. The molecule has 0 bridgehead atoms. The second kappa shape index (κ2) is 5.01. The Kier molecular flexibility index (Phi) is 3.17. The van der Waals surface area contributed by atoms with Crippen molar-refractivity contribution in [3.63, 3.8) is 0 Å². The summed E-state index contributed by atoms with van der Waals surface area (Å²) in [6.07, 6.45) is 1.71. The number of hydrogen-bond acceptors (Lipinski definition) is 1. The molecule has 3 aromatic rings. The third-order valence-corrected chi connectivity index (χ3v) is 3.32. The second-order valence-electron chi connectivity index (χ2n) is 4.76. The van der Waals surface area contributed by atoms with Crippen molar-refractivity contribution < 1.29 is 18.7 Å². The van der Waals surface area contributed by atoms with Gasteiger partial charge in [-0.15, -0.1) is 0 Å². The highest BCUT2D eigenvalue weighted by atomic mass is 19.1. The number of carboxylic acids is 1. The van der Waals surface area contributed by atoms with Crippen molar-refractivity contribution in [2.24, 2.45) is 0 Å². The summed E-state index contributed by atoms with van der Waals surface area (Å²) in [5.74, 6) is -2.27. The molecule has 0 aliphatic rings. The first-order valence-corrected chi connectivity index (χ1v) is 6.31. The molecule has 0 unspecified atom stereocenters. The number of hydrogen-bond donors (Lipinski definition) is 1. The normalized spacial score (nSPS) is 11.0. The number of halogens is 2. The molecule has 3 nitrogen and oxygen atoms in total. The standard InChI is InChI=1S/C16H11F2NO2/c17-11-6-10(7-12(18)8-11)9-19-5-4-13-14(16(20)21)2-1-3-15(13)19/h1-8H,9H2,(H,20,21). The predicted molar refractivity (Wildman–Crippen MR) is 74.4 cm³/mol. The van der Waals surface area contributed by atoms with Crippen LogP contribution < -0.4 is 0 Å². The van der Waals surface area contributed by atoms with Crippen molar-refractivity contribution in [3.8, 4) is 0 Å². The zero-order chi connectivity index (χ0) is 15.0. The first kappa shape index (κ1) is 13.3. The van der Waals surface area contributed by atoms with E-state index >= 15 is 0 Å². The van der Waals surface area contributed by atoms with Crippen LogP contribution >= 0.6 is 0 Å². The van der Waals surface area contributed by atoms with Crippen LogP contribution in [0.2, 0.25) is 0 Å². The van der Waals surface area contributed by atoms with Gasteiger partial charge in [-0.3, -0.25) is 0 Å². The number of carbonyl (C=O) groups is 1. The lowest BCUT2D eigenvalue weighted by atomic mass is 10.1. The molecular weight excluding hydrogens is 276 g/mol. The van der Waals surface area contributed by atoms with Crippen molar-refractivity contribution in [1.29, 1.82) is 0 Å². The molecule has 0 aliphatic carbocycles. The van der Waals surface area contributed by atoms with Gasteiger partial charge in [0.25, 0.3) is 0 Å². The molecule has 0 saturated carbocycles. The van der Waals surface area contributed by atoms with Crippen LogP contribution in [0.15, 0.2) is 48.7 Å². The summed E-state index contributed by atoms with van der Waals surface area (Å²) in [6, 6.07) is 9.98. The van der Waals surface area contributed by atoms with Crippen LogP contribution in [0.3, 0.4) is 0 Å². The van der Waals surface area contributed by atoms with Gasteiger partial charge in [-0.1, -0.05) is 6.07 Å². The van der Waals surface area contributed by atoms with Crippen LogP contribution in [0.1, 0.15) is 15.9 Å². The largest absolute Gasteiger partial charge is 0.478 e. The highest BCUT2D eigenvalue weighted by Crippen LogP contribution is 2.22. The molecule has 5 heteroatoms. The van der Waals surface area contributed by atoms with Crippen molar-refractivity contribution in [2.45, 2.75) is 6.54 Å². The van der Waals surface area contributed by atoms with Crippen LogP contribution in [0.4, 0.5) is 8.78 Å². The van der Waals surface area contributed by atoms with Gasteiger partial charge in [0.15, 0.2) is 0 Å². The Bertz CT molecular complexity index is 819. The number of rotatable bonds is 3. The number of benzene rings is 2. The van der Waals surface area contributed by atoms with Crippen LogP contribution in [0.5, 0.6) is 0 Å². The molecule has 0 spiro atoms. The minimum absolute atomic E-state index is 0.205. The Balaban J connectivity index is 2.05. The van der Waals surface area contributed by atoms with Crippen LogP contribution in [0, 0.1) is 11.6 Å². The van der Waals surface area contributed by atoms with E-state index in [2.05, 4.69) is 0 Å². The summed E-state index contributed by atoms with van der Waals surface area (Å²) in [4.78, 5) is 11.2. The van der Waals surface area contributed by atoms with Gasteiger partial charge >= 0.3 is 5.97 Å². The van der Waals surface area contributed by atoms with E-state index in [4.69, 9.17) is 5.11 Å². The van der Waals surface area contributed by atoms with E-state index in [0.29, 0.717) is 16.5 Å². The smallest absolute Gasteiger partial charge is 0.336 e. The molecule has 0 radical (unpaired) electrons. The summed E-state index contributed by atoms with van der Waals surface area (Å²) in [6.45, 7) is 0.265. The van der Waals surface area contributed by atoms with Gasteiger partial charge in [0.1, 0.15) is 11.6 Å². The summed E-state index contributed by atoms with van der Waals surface area (Å²) < 4.78 is 28.2. The quantitative estimate of drug-likeness (QED) is 0.798. The molecule has 1 N–H and O–H groups in total. The van der Waals surface area contributed by atoms with Crippen molar-refractivity contribution in [2.75, 3.05) is 0 Å². The molecule has 0 aliphatic heterocycles. The highest BCUT2D eigenvalue weighted by molar-refractivity contribution is 6.02. The van der Waals surface area contributed by atoms with Gasteiger partial charge in [0, 0.05) is 29.7 Å². The second-order valence-corrected chi connectivity index (χ2v) is 4.76. The van der Waals surface area contributed by atoms with Gasteiger partial charge in [-0.2, -0.15) is 0 Å². The van der Waals surface area contributed by atoms with Crippen molar-refractivity contribution in [3.05, 3.63) is 71.4 Å². The lowest BCUT2D eigenvalue weighted by Crippen LogP contribution is -2.01. The fraction of sp³-hybridized carbons (Fsp3) is 0.0625. The zero-order valence-corrected chi connectivity index (χ0v) is 10.9. The molecule has 0 saturated heterocycles. The number of nitrogens with zero attached hydrogens (tertiary/aromatic N) is 1. The van der Waals surface area contributed by atoms with E-state index in [1.807, 2.05) is 0 Å². The molecule has 0 amide bonds. The SMILES string of the molecule is O=C(O)c1cccc2c1ccn2Cc1cc(F)cc(F)c1. The van der Waals surface area contributed by atoms with Gasteiger partial charge in [0.2, 0.25) is 0 Å². The molecule has 1 aromatic heterocycles. The van der Waals surface area contributed by atoms with Gasteiger partial charge in [0.05, 0.1) is 5.56 Å². The summed E-state index contributed by atoms with van der Waals surface area (Å²) in [5.41, 5.74) is 1.39. The number of carboxylic acid groups (broad SMARTS) is 1. The molecule has 3 rings (SSSR count). The Hall–Kier alpha value is -2.69. The topological polar surface area (TPSA) is 42.2 Å². The molecule has 0 atom stereocenters. The Morgan fingerprint density at radius 3 is 2.48 bits per heavy atom. The van der Waals surface area contributed by atoms with Gasteiger partial charge in [-0.05, 0) is 35.9 Å². The summed E-state index contributed by atoms with van der Waals surface area (Å²) >= 11 is 0.